The third-order valence-electron chi connectivity index (χ3n) is 11.1. The van der Waals surface area contributed by atoms with Crippen LogP contribution in [-0.2, 0) is 0 Å². The van der Waals surface area contributed by atoms with Crippen molar-refractivity contribution in [1.82, 2.24) is 4.98 Å². The van der Waals surface area contributed by atoms with Gasteiger partial charge in [0.2, 0.25) is 0 Å². The van der Waals surface area contributed by atoms with E-state index in [1.165, 1.54) is 43.4 Å². The number of nitrogens with zero attached hydrogens (tertiary/aromatic N) is 2. The number of pyridine rings is 1. The molecule has 1 aromatic heterocycles. The third-order valence-corrected chi connectivity index (χ3v) is 11.1. The molecule has 0 N–H and O–H groups in total. The van der Waals surface area contributed by atoms with Crippen LogP contribution in [0.5, 0.6) is 11.5 Å². The Labute approximate surface area is 318 Å². The van der Waals surface area contributed by atoms with Crippen LogP contribution in [0.15, 0.2) is 182 Å². The van der Waals surface area contributed by atoms with Gasteiger partial charge < -0.3 is 4.74 Å². The molecule has 0 spiro atoms. The molecule has 0 aliphatic carbocycles. The van der Waals surface area contributed by atoms with Crippen LogP contribution in [0.2, 0.25) is 0 Å². The molecular weight excluding hydrogens is 669 g/mol. The minimum atomic E-state index is 0.588. The Kier molecular flexibility index (Phi) is 6.92. The second-order valence-corrected chi connectivity index (χ2v) is 14.2. The summed E-state index contributed by atoms with van der Waals surface area (Å²) < 4.78 is 6.37. The number of ether oxygens (including phenoxy) is 1. The van der Waals surface area contributed by atoms with Crippen LogP contribution in [0.4, 0.5) is 0 Å². The van der Waals surface area contributed by atoms with Gasteiger partial charge in [-0.1, -0.05) is 133 Å². The smallest absolute Gasteiger partial charge is 0.136 e. The van der Waals surface area contributed by atoms with E-state index in [1.54, 1.807) is 0 Å². The Bertz CT molecular complexity index is 3230. The van der Waals surface area contributed by atoms with E-state index in [0.717, 1.165) is 67.0 Å². The number of benzene rings is 9. The second-order valence-electron chi connectivity index (χ2n) is 14.2. The fraction of sp³-hybridized carbons (Fsp3) is 0. The summed E-state index contributed by atoms with van der Waals surface area (Å²) in [7, 11) is 0. The van der Waals surface area contributed by atoms with Gasteiger partial charge >= 0.3 is 0 Å². The van der Waals surface area contributed by atoms with Crippen molar-refractivity contribution in [3.8, 4) is 73.5 Å². The van der Waals surface area contributed by atoms with Gasteiger partial charge in [0, 0.05) is 22.1 Å². The first-order valence-corrected chi connectivity index (χ1v) is 18.5. The summed E-state index contributed by atoms with van der Waals surface area (Å²) in [4.78, 5) is 5.18. The Morgan fingerprint density at radius 3 is 1.69 bits per heavy atom. The zero-order chi connectivity index (χ0) is 36.5. The van der Waals surface area contributed by atoms with Gasteiger partial charge in [0.05, 0.1) is 23.0 Å². The quantitative estimate of drug-likeness (QED) is 0.172. The molecule has 0 bridgehead atoms. The zero-order valence-corrected chi connectivity index (χ0v) is 29.6. The van der Waals surface area contributed by atoms with Crippen molar-refractivity contribution >= 4 is 43.1 Å². The summed E-state index contributed by atoms with van der Waals surface area (Å²) in [6.07, 6.45) is 0. The fourth-order valence-corrected chi connectivity index (χ4v) is 8.54. The van der Waals surface area contributed by atoms with Crippen LogP contribution >= 0.6 is 0 Å². The summed E-state index contributed by atoms with van der Waals surface area (Å²) in [6, 6.07) is 66.4. The Balaban J connectivity index is 1.05. The number of rotatable bonds is 4. The van der Waals surface area contributed by atoms with E-state index in [2.05, 4.69) is 152 Å². The molecule has 254 valence electrons. The predicted octanol–water partition coefficient (Wildman–Crippen LogP) is 14.0. The van der Waals surface area contributed by atoms with Crippen molar-refractivity contribution in [2.45, 2.75) is 0 Å². The minimum absolute atomic E-state index is 0.588. The van der Waals surface area contributed by atoms with E-state index >= 15 is 0 Å². The molecule has 1 aliphatic heterocycles. The standard InChI is InChI=1S/C52H30N2O/c53-31-32-20-25-41-43-27-26-36(42-16-8-19-50(52(42)43)55-51(41)28-32)33-21-23-34(24-22-33)44-29-45-39-14-6-7-15-40(39)47(30-46(45)38-13-5-4-12-37(38)44)49-18-9-17-48(54-49)35-10-2-1-3-11-35/h1-30H. The molecule has 2 heterocycles. The Morgan fingerprint density at radius 1 is 0.364 bits per heavy atom. The molecule has 1 aliphatic rings. The van der Waals surface area contributed by atoms with E-state index < -0.39 is 0 Å². The summed E-state index contributed by atoms with van der Waals surface area (Å²) in [6.45, 7) is 0. The van der Waals surface area contributed by atoms with Crippen LogP contribution in [0.25, 0.3) is 99.0 Å². The van der Waals surface area contributed by atoms with Gasteiger partial charge in [-0.2, -0.15) is 5.26 Å². The molecule has 0 atom stereocenters. The summed E-state index contributed by atoms with van der Waals surface area (Å²) in [5, 5.41) is 19.0. The van der Waals surface area contributed by atoms with Crippen molar-refractivity contribution < 1.29 is 4.74 Å². The monoisotopic (exact) mass is 698 g/mol. The molecule has 0 saturated carbocycles. The van der Waals surface area contributed by atoms with Crippen LogP contribution in [0.3, 0.4) is 0 Å². The molecule has 11 rings (SSSR count). The molecule has 3 nitrogen and oxygen atoms in total. The first-order chi connectivity index (χ1) is 27.2. The van der Waals surface area contributed by atoms with E-state index in [-0.39, 0.29) is 0 Å². The van der Waals surface area contributed by atoms with Crippen LogP contribution < -0.4 is 4.74 Å². The SMILES string of the molecule is N#Cc1ccc2c(c1)Oc1cccc3c(-c4ccc(-c5cc6c7ccccc7c(-c7cccc(-c8ccccc8)n7)cc6c6ccccc56)cc4)ccc-2c13. The normalized spacial score (nSPS) is 11.8. The minimum Gasteiger partial charge on any atom is -0.456 e. The van der Waals surface area contributed by atoms with Gasteiger partial charge in [0.15, 0.2) is 0 Å². The molecular formula is C52H30N2O. The highest BCUT2D eigenvalue weighted by Crippen LogP contribution is 2.49. The lowest BCUT2D eigenvalue weighted by Gasteiger charge is -2.22. The number of hydrogen-bond donors (Lipinski definition) is 0. The number of fused-ring (bicyclic) bond motifs is 7. The van der Waals surface area contributed by atoms with Crippen molar-refractivity contribution in [2.24, 2.45) is 0 Å². The maximum Gasteiger partial charge on any atom is 0.136 e. The Morgan fingerprint density at radius 2 is 0.945 bits per heavy atom. The highest BCUT2D eigenvalue weighted by Gasteiger charge is 2.22. The number of hydrogen-bond acceptors (Lipinski definition) is 3. The van der Waals surface area contributed by atoms with Crippen molar-refractivity contribution in [2.75, 3.05) is 0 Å². The molecule has 3 heteroatoms. The summed E-state index contributed by atoms with van der Waals surface area (Å²) in [5.74, 6) is 1.53. The molecule has 10 aromatic rings. The van der Waals surface area contributed by atoms with Gasteiger partial charge in [-0.3, -0.25) is 0 Å². The van der Waals surface area contributed by atoms with E-state index in [4.69, 9.17) is 9.72 Å². The third kappa shape index (κ3) is 4.93. The maximum atomic E-state index is 9.46. The molecule has 55 heavy (non-hydrogen) atoms. The van der Waals surface area contributed by atoms with Crippen molar-refractivity contribution in [3.05, 3.63) is 188 Å². The molecule has 0 radical (unpaired) electrons. The summed E-state index contributed by atoms with van der Waals surface area (Å²) >= 11 is 0. The van der Waals surface area contributed by atoms with Gasteiger partial charge in [-0.05, 0) is 114 Å². The fourth-order valence-electron chi connectivity index (χ4n) is 8.54. The van der Waals surface area contributed by atoms with Gasteiger partial charge in [0.25, 0.3) is 0 Å². The second kappa shape index (κ2) is 12.3. The molecule has 9 aromatic carbocycles. The van der Waals surface area contributed by atoms with Crippen LogP contribution in [0.1, 0.15) is 5.56 Å². The van der Waals surface area contributed by atoms with Gasteiger partial charge in [0.1, 0.15) is 11.5 Å². The predicted molar refractivity (Wildman–Crippen MR) is 226 cm³/mol. The van der Waals surface area contributed by atoms with Crippen molar-refractivity contribution in [1.29, 1.82) is 5.26 Å². The number of aromatic nitrogens is 1. The van der Waals surface area contributed by atoms with E-state index in [9.17, 15) is 5.26 Å². The molecule has 0 amide bonds. The lowest BCUT2D eigenvalue weighted by Crippen LogP contribution is -1.98. The first kappa shape index (κ1) is 31.0. The largest absolute Gasteiger partial charge is 0.456 e. The number of nitriles is 1. The van der Waals surface area contributed by atoms with Gasteiger partial charge in [-0.25, -0.2) is 4.98 Å². The van der Waals surface area contributed by atoms with Crippen LogP contribution in [-0.4, -0.2) is 4.98 Å². The van der Waals surface area contributed by atoms with Crippen LogP contribution in [0, 0.1) is 11.3 Å². The van der Waals surface area contributed by atoms with Crippen molar-refractivity contribution in [3.63, 3.8) is 0 Å². The van der Waals surface area contributed by atoms with Gasteiger partial charge in [-0.15, -0.1) is 0 Å². The topological polar surface area (TPSA) is 45.9 Å². The van der Waals surface area contributed by atoms with E-state index in [0.29, 0.717) is 5.56 Å². The highest BCUT2D eigenvalue weighted by molar-refractivity contribution is 6.23. The summed E-state index contributed by atoms with van der Waals surface area (Å²) in [5.41, 5.74) is 11.5. The first-order valence-electron chi connectivity index (χ1n) is 18.5. The molecule has 0 fully saturated rings. The zero-order valence-electron chi connectivity index (χ0n) is 29.6. The maximum absolute atomic E-state index is 9.46. The molecule has 0 unspecified atom stereocenters. The average molecular weight is 699 g/mol. The highest BCUT2D eigenvalue weighted by atomic mass is 16.5. The van der Waals surface area contributed by atoms with E-state index in [1.807, 2.05) is 36.4 Å². The Hall–Kier alpha value is -7.54. The molecule has 0 saturated heterocycles. The average Bonchev–Trinajstić information content (AvgIpc) is 3.26. The lowest BCUT2D eigenvalue weighted by molar-refractivity contribution is 0.487. The lowest BCUT2D eigenvalue weighted by atomic mass is 9.87.